The molecule has 3 rings (SSSR count). The number of fused-ring (bicyclic) bond motifs is 1. The number of aromatic amines is 1. The Bertz CT molecular complexity index is 590. The summed E-state index contributed by atoms with van der Waals surface area (Å²) in [5.41, 5.74) is 2.23. The van der Waals surface area contributed by atoms with Crippen molar-refractivity contribution in [2.24, 2.45) is 11.8 Å². The lowest BCUT2D eigenvalue weighted by molar-refractivity contribution is 0.205. The number of nitrogens with one attached hydrogen (secondary N) is 2. The normalized spacial score (nSPS) is 27.1. The molecule has 3 unspecified atom stereocenters. The molecule has 1 aliphatic carbocycles. The molecule has 0 radical (unpaired) electrons. The van der Waals surface area contributed by atoms with Gasteiger partial charge in [-0.15, -0.1) is 0 Å². The van der Waals surface area contributed by atoms with Crippen LogP contribution in [0.25, 0.3) is 10.9 Å². The van der Waals surface area contributed by atoms with Crippen molar-refractivity contribution in [2.75, 3.05) is 0 Å². The van der Waals surface area contributed by atoms with E-state index in [0.717, 1.165) is 40.0 Å². The molecule has 20 heavy (non-hydrogen) atoms. The Morgan fingerprint density at radius 3 is 2.85 bits per heavy atom. The lowest BCUT2D eigenvalue weighted by atomic mass is 9.78. The predicted octanol–water partition coefficient (Wildman–Crippen LogP) is 4.74. The van der Waals surface area contributed by atoms with E-state index < -0.39 is 0 Å². The molecule has 108 valence electrons. The molecule has 2 nitrogen and oxygen atoms in total. The second-order valence-electron chi connectivity index (χ2n) is 6.22. The molecule has 0 bridgehead atoms. The third-order valence-electron chi connectivity index (χ3n) is 4.96. The van der Waals surface area contributed by atoms with Crippen molar-refractivity contribution < 1.29 is 0 Å². The quantitative estimate of drug-likeness (QED) is 0.840. The van der Waals surface area contributed by atoms with Gasteiger partial charge in [0.15, 0.2) is 0 Å². The molecule has 0 aliphatic heterocycles. The Morgan fingerprint density at radius 2 is 2.05 bits per heavy atom. The zero-order chi connectivity index (χ0) is 14.1. The van der Waals surface area contributed by atoms with E-state index in [1.54, 1.807) is 0 Å². The summed E-state index contributed by atoms with van der Waals surface area (Å²) in [6.45, 7) is 5.57. The number of halogens is 1. The van der Waals surface area contributed by atoms with Crippen molar-refractivity contribution in [2.45, 2.75) is 45.7 Å². The van der Waals surface area contributed by atoms with Crippen LogP contribution in [0.15, 0.2) is 24.3 Å². The summed E-state index contributed by atoms with van der Waals surface area (Å²) in [7, 11) is 0. The summed E-state index contributed by atoms with van der Waals surface area (Å²) < 4.78 is 0. The number of para-hydroxylation sites is 1. The number of hydrogen-bond acceptors (Lipinski definition) is 1. The van der Waals surface area contributed by atoms with Crippen LogP contribution in [-0.2, 0) is 6.54 Å². The maximum atomic E-state index is 6.47. The molecule has 1 aromatic heterocycles. The zero-order valence-electron chi connectivity index (χ0n) is 12.2. The SMILES string of the molecule is CC1CCCC(NCc2[nH]c3ccccc3c2Cl)C1C. The van der Waals surface area contributed by atoms with Gasteiger partial charge in [0.1, 0.15) is 0 Å². The Morgan fingerprint density at radius 1 is 1.25 bits per heavy atom. The number of hydrogen-bond donors (Lipinski definition) is 2. The molecule has 3 heteroatoms. The summed E-state index contributed by atoms with van der Waals surface area (Å²) in [6, 6.07) is 8.83. The van der Waals surface area contributed by atoms with Crippen LogP contribution in [0.1, 0.15) is 38.8 Å². The largest absolute Gasteiger partial charge is 0.356 e. The Kier molecular flexibility index (Phi) is 4.04. The van der Waals surface area contributed by atoms with Crippen LogP contribution in [0.5, 0.6) is 0 Å². The van der Waals surface area contributed by atoms with Crippen LogP contribution in [0.3, 0.4) is 0 Å². The third-order valence-corrected chi connectivity index (χ3v) is 5.39. The van der Waals surface area contributed by atoms with Gasteiger partial charge in [-0.3, -0.25) is 0 Å². The number of aromatic nitrogens is 1. The third kappa shape index (κ3) is 2.59. The predicted molar refractivity (Wildman–Crippen MR) is 86.1 cm³/mol. The number of H-pyrrole nitrogens is 1. The van der Waals surface area contributed by atoms with E-state index >= 15 is 0 Å². The summed E-state index contributed by atoms with van der Waals surface area (Å²) in [5, 5.41) is 5.69. The van der Waals surface area contributed by atoms with Crippen LogP contribution >= 0.6 is 11.6 Å². The lowest BCUT2D eigenvalue weighted by Gasteiger charge is -2.34. The standard InChI is InChI=1S/C17H23ClN2/c1-11-6-5-9-14(12(11)2)19-10-16-17(18)13-7-3-4-8-15(13)20-16/h3-4,7-8,11-12,14,19-20H,5-6,9-10H2,1-2H3. The van der Waals surface area contributed by atoms with Crippen molar-refractivity contribution >= 4 is 22.5 Å². The Balaban J connectivity index is 1.72. The molecular weight excluding hydrogens is 268 g/mol. The van der Waals surface area contributed by atoms with Gasteiger partial charge in [0, 0.05) is 29.2 Å². The molecule has 3 atom stereocenters. The van der Waals surface area contributed by atoms with Crippen LogP contribution in [0, 0.1) is 11.8 Å². The molecule has 1 saturated carbocycles. The van der Waals surface area contributed by atoms with Gasteiger partial charge in [0.05, 0.1) is 5.02 Å². The van der Waals surface area contributed by atoms with Crippen LogP contribution < -0.4 is 5.32 Å². The minimum Gasteiger partial charge on any atom is -0.356 e. The highest BCUT2D eigenvalue weighted by Crippen LogP contribution is 2.31. The van der Waals surface area contributed by atoms with Gasteiger partial charge >= 0.3 is 0 Å². The van der Waals surface area contributed by atoms with E-state index in [4.69, 9.17) is 11.6 Å². The molecule has 2 aromatic rings. The average Bonchev–Trinajstić information content (AvgIpc) is 2.78. The van der Waals surface area contributed by atoms with Crippen LogP contribution in [0.4, 0.5) is 0 Å². The smallest absolute Gasteiger partial charge is 0.0705 e. The fraction of sp³-hybridized carbons (Fsp3) is 0.529. The minimum atomic E-state index is 0.612. The van der Waals surface area contributed by atoms with E-state index in [1.807, 2.05) is 12.1 Å². The van der Waals surface area contributed by atoms with Gasteiger partial charge in [-0.25, -0.2) is 0 Å². The molecule has 0 spiro atoms. The van der Waals surface area contributed by atoms with Crippen LogP contribution in [-0.4, -0.2) is 11.0 Å². The van der Waals surface area contributed by atoms with Crippen molar-refractivity contribution in [1.82, 2.24) is 10.3 Å². The maximum absolute atomic E-state index is 6.47. The molecule has 1 aliphatic rings. The van der Waals surface area contributed by atoms with E-state index in [0.29, 0.717) is 6.04 Å². The average molecular weight is 291 g/mol. The summed E-state index contributed by atoms with van der Waals surface area (Å²) in [4.78, 5) is 3.44. The molecule has 1 fully saturated rings. The second kappa shape index (κ2) is 5.79. The van der Waals surface area contributed by atoms with Crippen molar-refractivity contribution in [1.29, 1.82) is 0 Å². The number of benzene rings is 1. The topological polar surface area (TPSA) is 27.8 Å². The van der Waals surface area contributed by atoms with E-state index in [2.05, 4.69) is 36.3 Å². The molecule has 2 N–H and O–H groups in total. The van der Waals surface area contributed by atoms with Gasteiger partial charge in [-0.05, 0) is 24.3 Å². The minimum absolute atomic E-state index is 0.612. The van der Waals surface area contributed by atoms with Gasteiger partial charge < -0.3 is 10.3 Å². The first-order valence-electron chi connectivity index (χ1n) is 7.65. The molecule has 0 saturated heterocycles. The Hall–Kier alpha value is -0.990. The van der Waals surface area contributed by atoms with Gasteiger partial charge in [0.25, 0.3) is 0 Å². The number of rotatable bonds is 3. The fourth-order valence-electron chi connectivity index (χ4n) is 3.39. The van der Waals surface area contributed by atoms with Crippen molar-refractivity contribution in [3.63, 3.8) is 0 Å². The highest BCUT2D eigenvalue weighted by molar-refractivity contribution is 6.36. The lowest BCUT2D eigenvalue weighted by Crippen LogP contribution is -2.40. The summed E-state index contributed by atoms with van der Waals surface area (Å²) in [5.74, 6) is 1.56. The molecule has 0 amide bonds. The second-order valence-corrected chi connectivity index (χ2v) is 6.60. The monoisotopic (exact) mass is 290 g/mol. The highest BCUT2D eigenvalue weighted by Gasteiger charge is 2.26. The first-order valence-corrected chi connectivity index (χ1v) is 8.03. The van der Waals surface area contributed by atoms with E-state index in [9.17, 15) is 0 Å². The van der Waals surface area contributed by atoms with E-state index in [1.165, 1.54) is 19.3 Å². The van der Waals surface area contributed by atoms with Crippen molar-refractivity contribution in [3.05, 3.63) is 35.0 Å². The fourth-order valence-corrected chi connectivity index (χ4v) is 3.67. The molecule has 1 heterocycles. The zero-order valence-corrected chi connectivity index (χ0v) is 13.0. The van der Waals surface area contributed by atoms with Gasteiger partial charge in [-0.2, -0.15) is 0 Å². The molecule has 1 aromatic carbocycles. The van der Waals surface area contributed by atoms with Gasteiger partial charge in [0.2, 0.25) is 0 Å². The maximum Gasteiger partial charge on any atom is 0.0705 e. The van der Waals surface area contributed by atoms with Crippen molar-refractivity contribution in [3.8, 4) is 0 Å². The Labute approximate surface area is 125 Å². The molecular formula is C17H23ClN2. The highest BCUT2D eigenvalue weighted by atomic mass is 35.5. The van der Waals surface area contributed by atoms with E-state index in [-0.39, 0.29) is 0 Å². The van der Waals surface area contributed by atoms with Crippen LogP contribution in [0.2, 0.25) is 5.02 Å². The first-order chi connectivity index (χ1) is 9.66. The van der Waals surface area contributed by atoms with Gasteiger partial charge in [-0.1, -0.05) is 56.5 Å². The summed E-state index contributed by atoms with van der Waals surface area (Å²) in [6.07, 6.45) is 3.99. The summed E-state index contributed by atoms with van der Waals surface area (Å²) >= 11 is 6.47. The first kappa shape index (κ1) is 14.0.